The van der Waals surface area contributed by atoms with Gasteiger partial charge in [0.25, 0.3) is 0 Å². The van der Waals surface area contributed by atoms with E-state index in [0.29, 0.717) is 0 Å². The lowest BCUT2D eigenvalue weighted by atomic mass is 9.90. The quantitative estimate of drug-likeness (QED) is 0.670. The van der Waals surface area contributed by atoms with Crippen molar-refractivity contribution in [1.29, 1.82) is 0 Å². The van der Waals surface area contributed by atoms with E-state index in [4.69, 9.17) is 4.74 Å². The van der Waals surface area contributed by atoms with Crippen LogP contribution in [0.2, 0.25) is 0 Å². The van der Waals surface area contributed by atoms with Crippen molar-refractivity contribution in [3.63, 3.8) is 0 Å². The summed E-state index contributed by atoms with van der Waals surface area (Å²) in [6.07, 6.45) is 5.00. The van der Waals surface area contributed by atoms with E-state index >= 15 is 0 Å². The number of unbranched alkanes of at least 4 members (excludes halogenated alkanes) is 1. The highest BCUT2D eigenvalue weighted by atomic mass is 16.5. The molecule has 1 heterocycles. The number of ketones is 1. The normalized spacial score (nSPS) is 28.2. The van der Waals surface area contributed by atoms with Crippen LogP contribution in [0.1, 0.15) is 40.0 Å². The Kier molecular flexibility index (Phi) is 3.52. The molecular formula is C11H18O2. The van der Waals surface area contributed by atoms with Gasteiger partial charge in [-0.25, -0.2) is 0 Å². The van der Waals surface area contributed by atoms with Crippen LogP contribution in [0, 0.1) is 5.92 Å². The van der Waals surface area contributed by atoms with Crippen molar-refractivity contribution in [3.05, 3.63) is 11.8 Å². The van der Waals surface area contributed by atoms with Gasteiger partial charge in [0.15, 0.2) is 5.78 Å². The van der Waals surface area contributed by atoms with Crippen LogP contribution in [-0.2, 0) is 9.53 Å². The molecule has 1 aliphatic heterocycles. The van der Waals surface area contributed by atoms with Crippen molar-refractivity contribution >= 4 is 5.78 Å². The maximum absolute atomic E-state index is 11.6. The molecule has 0 unspecified atom stereocenters. The summed E-state index contributed by atoms with van der Waals surface area (Å²) in [5.41, 5.74) is 0.750. The minimum Gasteiger partial charge on any atom is -0.497 e. The summed E-state index contributed by atoms with van der Waals surface area (Å²) >= 11 is 0. The number of carbonyl (C=O) groups excluding carboxylic acids is 1. The van der Waals surface area contributed by atoms with Gasteiger partial charge in [0.2, 0.25) is 0 Å². The summed E-state index contributed by atoms with van der Waals surface area (Å²) in [6, 6.07) is 0. The van der Waals surface area contributed by atoms with Gasteiger partial charge < -0.3 is 4.74 Å². The summed E-state index contributed by atoms with van der Waals surface area (Å²) in [5.74, 6) is 0.281. The van der Waals surface area contributed by atoms with Crippen LogP contribution in [-0.4, -0.2) is 11.9 Å². The van der Waals surface area contributed by atoms with Gasteiger partial charge in [-0.1, -0.05) is 26.7 Å². The van der Waals surface area contributed by atoms with Crippen LogP contribution in [0.25, 0.3) is 0 Å². The predicted octanol–water partition coefficient (Wildman–Crippen LogP) is 2.68. The van der Waals surface area contributed by atoms with Crippen molar-refractivity contribution in [2.75, 3.05) is 0 Å². The second-order valence-electron chi connectivity index (χ2n) is 3.77. The number of hydrogen-bond acceptors (Lipinski definition) is 2. The Morgan fingerprint density at radius 1 is 1.54 bits per heavy atom. The number of allylic oxidation sites excluding steroid dienone is 1. The molecule has 0 amide bonds. The number of rotatable bonds is 3. The Bertz CT molecular complexity index is 218. The maximum atomic E-state index is 11.6. The molecule has 1 aliphatic rings. The van der Waals surface area contributed by atoms with Gasteiger partial charge in [0, 0.05) is 5.57 Å². The van der Waals surface area contributed by atoms with E-state index in [2.05, 4.69) is 6.92 Å². The minimum absolute atomic E-state index is 0.0385. The van der Waals surface area contributed by atoms with E-state index in [1.54, 1.807) is 6.26 Å². The van der Waals surface area contributed by atoms with Gasteiger partial charge in [-0.15, -0.1) is 0 Å². The van der Waals surface area contributed by atoms with Crippen LogP contribution < -0.4 is 0 Å². The predicted molar refractivity (Wildman–Crippen MR) is 52.3 cm³/mol. The summed E-state index contributed by atoms with van der Waals surface area (Å²) in [5, 5.41) is 0. The third-order valence-electron chi connectivity index (χ3n) is 2.62. The maximum Gasteiger partial charge on any atom is 0.168 e. The zero-order chi connectivity index (χ0) is 9.84. The zero-order valence-corrected chi connectivity index (χ0v) is 8.67. The van der Waals surface area contributed by atoms with Crippen molar-refractivity contribution in [1.82, 2.24) is 0 Å². The summed E-state index contributed by atoms with van der Waals surface area (Å²) < 4.78 is 5.49. The Morgan fingerprint density at radius 2 is 2.23 bits per heavy atom. The highest BCUT2D eigenvalue weighted by Gasteiger charge is 2.28. The second-order valence-corrected chi connectivity index (χ2v) is 3.77. The Morgan fingerprint density at radius 3 is 2.85 bits per heavy atom. The van der Waals surface area contributed by atoms with Crippen molar-refractivity contribution < 1.29 is 9.53 Å². The van der Waals surface area contributed by atoms with Crippen molar-refractivity contribution in [2.45, 2.75) is 46.1 Å². The van der Waals surface area contributed by atoms with Gasteiger partial charge in [-0.2, -0.15) is 0 Å². The summed E-state index contributed by atoms with van der Waals surface area (Å²) in [6.45, 7) is 5.92. The molecule has 0 spiro atoms. The molecule has 0 fully saturated rings. The number of hydrogen-bond donors (Lipinski definition) is 0. The number of Topliss-reactive ketones (excluding diaryl/α,β-unsaturated/α-hetero) is 1. The fourth-order valence-corrected chi connectivity index (χ4v) is 1.62. The van der Waals surface area contributed by atoms with Crippen molar-refractivity contribution in [3.8, 4) is 0 Å². The average Bonchev–Trinajstić information content (AvgIpc) is 2.13. The average molecular weight is 182 g/mol. The highest BCUT2D eigenvalue weighted by molar-refractivity contribution is 5.97. The molecular weight excluding hydrogens is 164 g/mol. The minimum atomic E-state index is 0.0385. The van der Waals surface area contributed by atoms with Crippen LogP contribution in [0.4, 0.5) is 0 Å². The molecule has 0 aromatic rings. The first kappa shape index (κ1) is 10.3. The first-order chi connectivity index (χ1) is 6.16. The van der Waals surface area contributed by atoms with Crippen LogP contribution >= 0.6 is 0 Å². The fourth-order valence-electron chi connectivity index (χ4n) is 1.62. The first-order valence-electron chi connectivity index (χ1n) is 5.03. The molecule has 0 N–H and O–H groups in total. The zero-order valence-electron chi connectivity index (χ0n) is 8.67. The molecule has 13 heavy (non-hydrogen) atoms. The molecule has 2 nitrogen and oxygen atoms in total. The largest absolute Gasteiger partial charge is 0.497 e. The smallest absolute Gasteiger partial charge is 0.168 e. The lowest BCUT2D eigenvalue weighted by molar-refractivity contribution is -0.124. The standard InChI is InChI=1S/C11H18O2/c1-4-5-6-10-9(3)11(12)8(2)7-13-10/h7,9-10H,4-6H2,1-3H3/t9-,10+/m1/s1. The van der Waals surface area contributed by atoms with E-state index in [-0.39, 0.29) is 17.8 Å². The molecule has 0 aromatic carbocycles. The Hall–Kier alpha value is -0.790. The number of ether oxygens (including phenoxy) is 1. The first-order valence-corrected chi connectivity index (χ1v) is 5.03. The summed E-state index contributed by atoms with van der Waals surface area (Å²) in [4.78, 5) is 11.6. The van der Waals surface area contributed by atoms with Crippen molar-refractivity contribution in [2.24, 2.45) is 5.92 Å². The number of carbonyl (C=O) groups is 1. The van der Waals surface area contributed by atoms with Crippen LogP contribution in [0.15, 0.2) is 11.8 Å². The van der Waals surface area contributed by atoms with E-state index in [1.165, 1.54) is 0 Å². The second kappa shape index (κ2) is 4.45. The van der Waals surface area contributed by atoms with Crippen LogP contribution in [0.3, 0.4) is 0 Å². The highest BCUT2D eigenvalue weighted by Crippen LogP contribution is 2.23. The summed E-state index contributed by atoms with van der Waals surface area (Å²) in [7, 11) is 0. The van der Waals surface area contributed by atoms with Gasteiger partial charge in [-0.05, 0) is 13.3 Å². The van der Waals surface area contributed by atoms with Gasteiger partial charge >= 0.3 is 0 Å². The molecule has 74 valence electrons. The monoisotopic (exact) mass is 182 g/mol. The third kappa shape index (κ3) is 2.33. The molecule has 0 saturated carbocycles. The fraction of sp³-hybridized carbons (Fsp3) is 0.727. The molecule has 0 saturated heterocycles. The molecule has 1 rings (SSSR count). The van der Waals surface area contributed by atoms with Gasteiger partial charge in [-0.3, -0.25) is 4.79 Å². The molecule has 2 heteroatoms. The molecule has 0 aromatic heterocycles. The lowest BCUT2D eigenvalue weighted by Crippen LogP contribution is -2.31. The molecule has 0 radical (unpaired) electrons. The Balaban J connectivity index is 2.55. The van der Waals surface area contributed by atoms with E-state index in [0.717, 1.165) is 24.8 Å². The topological polar surface area (TPSA) is 26.3 Å². The van der Waals surface area contributed by atoms with E-state index in [9.17, 15) is 4.79 Å². The van der Waals surface area contributed by atoms with E-state index < -0.39 is 0 Å². The van der Waals surface area contributed by atoms with Gasteiger partial charge in [0.1, 0.15) is 6.10 Å². The lowest BCUT2D eigenvalue weighted by Gasteiger charge is -2.26. The molecule has 2 atom stereocenters. The Labute approximate surface area is 80.0 Å². The van der Waals surface area contributed by atoms with Crippen LogP contribution in [0.5, 0.6) is 0 Å². The third-order valence-corrected chi connectivity index (χ3v) is 2.62. The van der Waals surface area contributed by atoms with E-state index in [1.807, 2.05) is 13.8 Å². The van der Waals surface area contributed by atoms with Gasteiger partial charge in [0.05, 0.1) is 12.2 Å². The molecule has 0 bridgehead atoms. The molecule has 0 aliphatic carbocycles. The SMILES string of the molecule is CCCC[C@@H]1OC=C(C)C(=O)[C@@H]1C.